The van der Waals surface area contributed by atoms with Crippen molar-refractivity contribution < 1.29 is 14.3 Å². The standard InChI is InChI=1S/C14H22N4O3/c1-17-13-11(9-20-2)7-18(8-12(13)15-16-17)14(19)10-3-5-21-6-4-10/h10-11H,3-9H2,1-2H3. The van der Waals surface area contributed by atoms with Gasteiger partial charge in [0.1, 0.15) is 5.69 Å². The molecule has 7 heteroatoms. The Bertz CT molecular complexity index is 510. The van der Waals surface area contributed by atoms with E-state index in [1.807, 2.05) is 11.9 Å². The summed E-state index contributed by atoms with van der Waals surface area (Å²) in [4.78, 5) is 14.6. The molecule has 1 fully saturated rings. The van der Waals surface area contributed by atoms with E-state index in [2.05, 4.69) is 10.3 Å². The van der Waals surface area contributed by atoms with Crippen LogP contribution < -0.4 is 0 Å². The second kappa shape index (κ2) is 6.11. The van der Waals surface area contributed by atoms with E-state index in [0.717, 1.165) is 24.2 Å². The summed E-state index contributed by atoms with van der Waals surface area (Å²) in [6.45, 7) is 3.17. The SMILES string of the molecule is COCC1CN(C(=O)C2CCOCC2)Cc2nnn(C)c21. The Morgan fingerprint density at radius 2 is 2.19 bits per heavy atom. The summed E-state index contributed by atoms with van der Waals surface area (Å²) in [6, 6.07) is 0. The lowest BCUT2D eigenvalue weighted by Crippen LogP contribution is -2.44. The molecular formula is C14H22N4O3. The van der Waals surface area contributed by atoms with Crippen LogP contribution in [-0.2, 0) is 27.9 Å². The third-order valence-electron chi connectivity index (χ3n) is 4.36. The van der Waals surface area contributed by atoms with E-state index in [-0.39, 0.29) is 17.7 Å². The molecule has 3 heterocycles. The third-order valence-corrected chi connectivity index (χ3v) is 4.36. The molecule has 1 unspecified atom stereocenters. The second-order valence-corrected chi connectivity index (χ2v) is 5.80. The van der Waals surface area contributed by atoms with E-state index >= 15 is 0 Å². The maximum atomic E-state index is 12.7. The van der Waals surface area contributed by atoms with Crippen LogP contribution in [0.15, 0.2) is 0 Å². The molecule has 0 aliphatic carbocycles. The second-order valence-electron chi connectivity index (χ2n) is 5.80. The Morgan fingerprint density at radius 3 is 2.90 bits per heavy atom. The Balaban J connectivity index is 1.77. The van der Waals surface area contributed by atoms with Gasteiger partial charge >= 0.3 is 0 Å². The molecule has 7 nitrogen and oxygen atoms in total. The van der Waals surface area contributed by atoms with Crippen molar-refractivity contribution in [1.29, 1.82) is 0 Å². The smallest absolute Gasteiger partial charge is 0.226 e. The molecule has 0 radical (unpaired) electrons. The lowest BCUT2D eigenvalue weighted by atomic mass is 9.94. The van der Waals surface area contributed by atoms with Crippen molar-refractivity contribution in [2.75, 3.05) is 33.5 Å². The van der Waals surface area contributed by atoms with Crippen molar-refractivity contribution >= 4 is 5.91 Å². The number of ether oxygens (including phenoxy) is 2. The summed E-state index contributed by atoms with van der Waals surface area (Å²) in [6.07, 6.45) is 1.63. The van der Waals surface area contributed by atoms with Crippen LogP contribution in [0, 0.1) is 5.92 Å². The number of aromatic nitrogens is 3. The van der Waals surface area contributed by atoms with Crippen molar-refractivity contribution in [3.05, 3.63) is 11.4 Å². The minimum Gasteiger partial charge on any atom is -0.384 e. The summed E-state index contributed by atoms with van der Waals surface area (Å²) in [5, 5.41) is 8.30. The molecule has 116 valence electrons. The molecule has 0 aromatic carbocycles. The van der Waals surface area contributed by atoms with Gasteiger partial charge in [-0.1, -0.05) is 5.21 Å². The van der Waals surface area contributed by atoms with Gasteiger partial charge in [0, 0.05) is 45.8 Å². The summed E-state index contributed by atoms with van der Waals surface area (Å²) < 4.78 is 12.5. The van der Waals surface area contributed by atoms with E-state index in [9.17, 15) is 4.79 Å². The van der Waals surface area contributed by atoms with E-state index in [0.29, 0.717) is 32.9 Å². The minimum atomic E-state index is 0.0835. The van der Waals surface area contributed by atoms with E-state index < -0.39 is 0 Å². The Hall–Kier alpha value is -1.47. The highest BCUT2D eigenvalue weighted by molar-refractivity contribution is 5.79. The Kier molecular flexibility index (Phi) is 4.21. The van der Waals surface area contributed by atoms with Crippen LogP contribution in [0.5, 0.6) is 0 Å². The number of carbonyl (C=O) groups excluding carboxylic acids is 1. The van der Waals surface area contributed by atoms with Gasteiger partial charge in [-0.25, -0.2) is 0 Å². The topological polar surface area (TPSA) is 69.5 Å². The number of rotatable bonds is 3. The van der Waals surface area contributed by atoms with Gasteiger partial charge in [0.25, 0.3) is 0 Å². The molecular weight excluding hydrogens is 272 g/mol. The van der Waals surface area contributed by atoms with Crippen molar-refractivity contribution in [1.82, 2.24) is 19.9 Å². The van der Waals surface area contributed by atoms with Gasteiger partial charge < -0.3 is 14.4 Å². The van der Waals surface area contributed by atoms with Crippen molar-refractivity contribution in [2.45, 2.75) is 25.3 Å². The molecule has 21 heavy (non-hydrogen) atoms. The average Bonchev–Trinajstić information content (AvgIpc) is 2.89. The summed E-state index contributed by atoms with van der Waals surface area (Å²) in [7, 11) is 3.58. The maximum Gasteiger partial charge on any atom is 0.226 e. The normalized spacial score (nSPS) is 23.1. The first-order valence-corrected chi connectivity index (χ1v) is 7.44. The van der Waals surface area contributed by atoms with E-state index in [1.54, 1.807) is 11.8 Å². The minimum absolute atomic E-state index is 0.0835. The number of amides is 1. The predicted molar refractivity (Wildman–Crippen MR) is 74.6 cm³/mol. The summed E-state index contributed by atoms with van der Waals surface area (Å²) >= 11 is 0. The first-order chi connectivity index (χ1) is 10.2. The van der Waals surface area contributed by atoms with Crippen molar-refractivity contribution in [3.8, 4) is 0 Å². The monoisotopic (exact) mass is 294 g/mol. The molecule has 3 rings (SSSR count). The molecule has 2 aliphatic heterocycles. The van der Waals surface area contributed by atoms with Crippen molar-refractivity contribution in [2.24, 2.45) is 13.0 Å². The summed E-state index contributed by atoms with van der Waals surface area (Å²) in [5.74, 6) is 0.443. The largest absolute Gasteiger partial charge is 0.384 e. The van der Waals surface area contributed by atoms with Crippen molar-refractivity contribution in [3.63, 3.8) is 0 Å². The quantitative estimate of drug-likeness (QED) is 0.802. The number of fused-ring (bicyclic) bond motifs is 1. The zero-order valence-corrected chi connectivity index (χ0v) is 12.6. The van der Waals surface area contributed by atoms with Crippen LogP contribution in [0.25, 0.3) is 0 Å². The van der Waals surface area contributed by atoms with Crippen LogP contribution in [0.4, 0.5) is 0 Å². The highest BCUT2D eigenvalue weighted by Crippen LogP contribution is 2.29. The van der Waals surface area contributed by atoms with Crippen LogP contribution in [0.2, 0.25) is 0 Å². The molecule has 1 aromatic rings. The molecule has 0 N–H and O–H groups in total. The number of nitrogens with zero attached hydrogens (tertiary/aromatic N) is 4. The Labute approximate surface area is 124 Å². The molecule has 2 aliphatic rings. The van der Waals surface area contributed by atoms with Crippen LogP contribution in [0.3, 0.4) is 0 Å². The van der Waals surface area contributed by atoms with Gasteiger partial charge in [-0.15, -0.1) is 5.10 Å². The lowest BCUT2D eigenvalue weighted by molar-refractivity contribution is -0.140. The van der Waals surface area contributed by atoms with Crippen LogP contribution in [0.1, 0.15) is 30.1 Å². The van der Waals surface area contributed by atoms with Gasteiger partial charge in [0.2, 0.25) is 5.91 Å². The molecule has 1 amide bonds. The fourth-order valence-electron chi connectivity index (χ4n) is 3.32. The molecule has 1 saturated heterocycles. The van der Waals surface area contributed by atoms with E-state index in [1.165, 1.54) is 0 Å². The molecule has 0 bridgehead atoms. The molecule has 0 saturated carbocycles. The highest BCUT2D eigenvalue weighted by Gasteiger charge is 2.35. The first kappa shape index (κ1) is 14.5. The fraction of sp³-hybridized carbons (Fsp3) is 0.786. The summed E-state index contributed by atoms with van der Waals surface area (Å²) in [5.41, 5.74) is 1.99. The number of aryl methyl sites for hydroxylation is 1. The van der Waals surface area contributed by atoms with Gasteiger partial charge in [-0.2, -0.15) is 0 Å². The lowest BCUT2D eigenvalue weighted by Gasteiger charge is -2.35. The van der Waals surface area contributed by atoms with E-state index in [4.69, 9.17) is 9.47 Å². The fourth-order valence-corrected chi connectivity index (χ4v) is 3.32. The number of hydrogen-bond acceptors (Lipinski definition) is 5. The molecule has 0 spiro atoms. The molecule has 1 atom stereocenters. The maximum absolute atomic E-state index is 12.7. The van der Waals surface area contributed by atoms with Gasteiger partial charge in [-0.3, -0.25) is 9.48 Å². The highest BCUT2D eigenvalue weighted by atomic mass is 16.5. The van der Waals surface area contributed by atoms with Gasteiger partial charge in [0.15, 0.2) is 0 Å². The number of carbonyl (C=O) groups is 1. The first-order valence-electron chi connectivity index (χ1n) is 7.44. The third kappa shape index (κ3) is 2.80. The zero-order valence-electron chi connectivity index (χ0n) is 12.6. The van der Waals surface area contributed by atoms with Crippen LogP contribution >= 0.6 is 0 Å². The number of hydrogen-bond donors (Lipinski definition) is 0. The van der Waals surface area contributed by atoms with Gasteiger partial charge in [-0.05, 0) is 12.8 Å². The van der Waals surface area contributed by atoms with Gasteiger partial charge in [0.05, 0.1) is 18.8 Å². The Morgan fingerprint density at radius 1 is 1.43 bits per heavy atom. The number of methoxy groups -OCH3 is 1. The van der Waals surface area contributed by atoms with Crippen LogP contribution in [-0.4, -0.2) is 59.3 Å². The predicted octanol–water partition coefficient (Wildman–Crippen LogP) is 0.314. The molecule has 1 aromatic heterocycles. The average molecular weight is 294 g/mol. The zero-order chi connectivity index (χ0) is 14.8.